The molecule has 0 saturated heterocycles. The molecule has 7 nitrogen and oxygen atoms in total. The van der Waals surface area contributed by atoms with E-state index < -0.39 is 0 Å². The summed E-state index contributed by atoms with van der Waals surface area (Å²) >= 11 is 0. The van der Waals surface area contributed by atoms with Gasteiger partial charge in [0.1, 0.15) is 12.2 Å². The Labute approximate surface area is 175 Å². The molecule has 0 aliphatic carbocycles. The van der Waals surface area contributed by atoms with Crippen LogP contribution in [0.1, 0.15) is 31.0 Å². The maximum absolute atomic E-state index is 13.1. The predicted molar refractivity (Wildman–Crippen MR) is 117 cm³/mol. The minimum absolute atomic E-state index is 0.116. The SMILES string of the molecule is CCCNC(=O)CCc1nc2ccccc2n(CC(=O)Nc2ccccc2C)c1=O. The van der Waals surface area contributed by atoms with Crippen LogP contribution in [0, 0.1) is 6.92 Å². The fourth-order valence-corrected chi connectivity index (χ4v) is 3.20. The maximum Gasteiger partial charge on any atom is 0.273 e. The number of aromatic nitrogens is 2. The van der Waals surface area contributed by atoms with Gasteiger partial charge in [0.25, 0.3) is 5.56 Å². The first-order chi connectivity index (χ1) is 14.5. The third-order valence-electron chi connectivity index (χ3n) is 4.80. The number of carbonyl (C=O) groups is 2. The zero-order chi connectivity index (χ0) is 21.5. The molecule has 0 spiro atoms. The van der Waals surface area contributed by atoms with Crippen molar-refractivity contribution in [3.8, 4) is 0 Å². The standard InChI is InChI=1S/C23H26N4O3/c1-3-14-24-21(28)13-12-19-23(30)27(20-11-7-6-10-18(20)25-19)15-22(29)26-17-9-5-4-8-16(17)2/h4-11H,3,12-15H2,1-2H3,(H,24,28)(H,26,29). The molecule has 30 heavy (non-hydrogen) atoms. The summed E-state index contributed by atoms with van der Waals surface area (Å²) in [6, 6.07) is 14.7. The Hall–Kier alpha value is -3.48. The van der Waals surface area contributed by atoms with Crippen LogP contribution in [0.2, 0.25) is 0 Å². The van der Waals surface area contributed by atoms with Gasteiger partial charge >= 0.3 is 0 Å². The summed E-state index contributed by atoms with van der Waals surface area (Å²) in [6.45, 7) is 4.36. The van der Waals surface area contributed by atoms with Crippen LogP contribution in [0.4, 0.5) is 5.69 Å². The summed E-state index contributed by atoms with van der Waals surface area (Å²) in [5.74, 6) is -0.413. The van der Waals surface area contributed by atoms with Crippen molar-refractivity contribution in [2.24, 2.45) is 0 Å². The Morgan fingerprint density at radius 2 is 1.77 bits per heavy atom. The van der Waals surface area contributed by atoms with E-state index in [2.05, 4.69) is 15.6 Å². The van der Waals surface area contributed by atoms with Crippen LogP contribution in [0.15, 0.2) is 53.3 Å². The minimum Gasteiger partial charge on any atom is -0.356 e. The van der Waals surface area contributed by atoms with Gasteiger partial charge in [-0.1, -0.05) is 37.3 Å². The largest absolute Gasteiger partial charge is 0.356 e. The van der Waals surface area contributed by atoms with Crippen LogP contribution in [-0.4, -0.2) is 27.9 Å². The van der Waals surface area contributed by atoms with Crippen molar-refractivity contribution in [1.29, 1.82) is 0 Å². The Morgan fingerprint density at radius 3 is 2.53 bits per heavy atom. The number of para-hydroxylation sites is 3. The zero-order valence-corrected chi connectivity index (χ0v) is 17.3. The third kappa shape index (κ3) is 5.11. The van der Waals surface area contributed by atoms with Crippen molar-refractivity contribution in [2.75, 3.05) is 11.9 Å². The molecule has 0 saturated carbocycles. The molecule has 3 aromatic rings. The lowest BCUT2D eigenvalue weighted by molar-refractivity contribution is -0.121. The highest BCUT2D eigenvalue weighted by Gasteiger charge is 2.15. The lowest BCUT2D eigenvalue weighted by Gasteiger charge is -2.13. The van der Waals surface area contributed by atoms with Gasteiger partial charge in [0.05, 0.1) is 11.0 Å². The summed E-state index contributed by atoms with van der Waals surface area (Å²) in [5, 5.41) is 5.66. The highest BCUT2D eigenvalue weighted by Crippen LogP contribution is 2.14. The Bertz CT molecular complexity index is 1120. The van der Waals surface area contributed by atoms with Crippen molar-refractivity contribution in [3.05, 3.63) is 70.1 Å². The molecule has 156 valence electrons. The highest BCUT2D eigenvalue weighted by atomic mass is 16.2. The van der Waals surface area contributed by atoms with Crippen LogP contribution in [0.5, 0.6) is 0 Å². The minimum atomic E-state index is -0.350. The lowest BCUT2D eigenvalue weighted by atomic mass is 10.2. The van der Waals surface area contributed by atoms with Gasteiger partial charge in [-0.25, -0.2) is 4.98 Å². The highest BCUT2D eigenvalue weighted by molar-refractivity contribution is 5.92. The van der Waals surface area contributed by atoms with E-state index in [0.29, 0.717) is 23.3 Å². The van der Waals surface area contributed by atoms with E-state index in [1.165, 1.54) is 4.57 Å². The number of aryl methyl sites for hydroxylation is 2. The fourth-order valence-electron chi connectivity index (χ4n) is 3.20. The summed E-state index contributed by atoms with van der Waals surface area (Å²) in [5.41, 5.74) is 2.78. The molecule has 0 fully saturated rings. The van der Waals surface area contributed by atoms with Crippen molar-refractivity contribution >= 4 is 28.5 Å². The lowest BCUT2D eigenvalue weighted by Crippen LogP contribution is -2.32. The second-order valence-corrected chi connectivity index (χ2v) is 7.15. The van der Waals surface area contributed by atoms with E-state index in [1.807, 2.05) is 44.2 Å². The number of fused-ring (bicyclic) bond motifs is 1. The van der Waals surface area contributed by atoms with Crippen LogP contribution in [-0.2, 0) is 22.6 Å². The van der Waals surface area contributed by atoms with E-state index >= 15 is 0 Å². The second-order valence-electron chi connectivity index (χ2n) is 7.15. The zero-order valence-electron chi connectivity index (χ0n) is 17.3. The number of carbonyl (C=O) groups excluding carboxylic acids is 2. The molecular formula is C23H26N4O3. The molecule has 7 heteroatoms. The van der Waals surface area contributed by atoms with Gasteiger partial charge in [0, 0.05) is 25.1 Å². The smallest absolute Gasteiger partial charge is 0.273 e. The monoisotopic (exact) mass is 406 g/mol. The summed E-state index contributed by atoms with van der Waals surface area (Å²) < 4.78 is 1.43. The number of rotatable bonds is 8. The van der Waals surface area contributed by atoms with Crippen LogP contribution in [0.25, 0.3) is 11.0 Å². The van der Waals surface area contributed by atoms with Crippen molar-refractivity contribution in [1.82, 2.24) is 14.9 Å². The molecule has 2 N–H and O–H groups in total. The molecule has 2 amide bonds. The number of nitrogens with zero attached hydrogens (tertiary/aromatic N) is 2. The fraction of sp³-hybridized carbons (Fsp3) is 0.304. The number of anilines is 1. The van der Waals surface area contributed by atoms with Gasteiger partial charge in [-0.2, -0.15) is 0 Å². The molecule has 0 atom stereocenters. The average molecular weight is 406 g/mol. The molecule has 1 aromatic heterocycles. The van der Waals surface area contributed by atoms with Gasteiger partial charge in [-0.15, -0.1) is 0 Å². The normalized spacial score (nSPS) is 10.7. The van der Waals surface area contributed by atoms with E-state index in [4.69, 9.17) is 0 Å². The maximum atomic E-state index is 13.1. The third-order valence-corrected chi connectivity index (χ3v) is 4.80. The first kappa shape index (κ1) is 21.2. The summed E-state index contributed by atoms with van der Waals surface area (Å²) in [6.07, 6.45) is 1.25. The number of nitrogens with one attached hydrogen (secondary N) is 2. The molecule has 0 radical (unpaired) electrons. The molecule has 2 aromatic carbocycles. The number of hydrogen-bond acceptors (Lipinski definition) is 4. The van der Waals surface area contributed by atoms with E-state index in [1.54, 1.807) is 18.2 Å². The van der Waals surface area contributed by atoms with Crippen molar-refractivity contribution in [3.63, 3.8) is 0 Å². The molecule has 0 unspecified atom stereocenters. The quantitative estimate of drug-likeness (QED) is 0.602. The molecule has 0 aliphatic heterocycles. The number of amides is 2. The topological polar surface area (TPSA) is 93.1 Å². The average Bonchev–Trinajstić information content (AvgIpc) is 2.74. The summed E-state index contributed by atoms with van der Waals surface area (Å²) in [4.78, 5) is 42.1. The van der Waals surface area contributed by atoms with Gasteiger partial charge in [-0.3, -0.25) is 19.0 Å². The van der Waals surface area contributed by atoms with E-state index in [9.17, 15) is 14.4 Å². The van der Waals surface area contributed by atoms with Crippen LogP contribution in [0.3, 0.4) is 0 Å². The molecule has 0 bridgehead atoms. The van der Waals surface area contributed by atoms with Crippen LogP contribution < -0.4 is 16.2 Å². The molecule has 0 aliphatic rings. The van der Waals surface area contributed by atoms with Gasteiger partial charge < -0.3 is 10.6 Å². The van der Waals surface area contributed by atoms with Gasteiger partial charge in [0.2, 0.25) is 11.8 Å². The Balaban J connectivity index is 1.86. The van der Waals surface area contributed by atoms with Crippen molar-refractivity contribution < 1.29 is 9.59 Å². The molecule has 3 rings (SSSR count). The molecule has 1 heterocycles. The van der Waals surface area contributed by atoms with Crippen LogP contribution >= 0.6 is 0 Å². The first-order valence-corrected chi connectivity index (χ1v) is 10.1. The number of hydrogen-bond donors (Lipinski definition) is 2. The van der Waals surface area contributed by atoms with Gasteiger partial charge in [0.15, 0.2) is 0 Å². The van der Waals surface area contributed by atoms with Crippen molar-refractivity contribution in [2.45, 2.75) is 39.7 Å². The number of benzene rings is 2. The van der Waals surface area contributed by atoms with Gasteiger partial charge in [-0.05, 0) is 37.1 Å². The predicted octanol–water partition coefficient (Wildman–Crippen LogP) is 2.80. The van der Waals surface area contributed by atoms with E-state index in [0.717, 1.165) is 12.0 Å². The summed E-state index contributed by atoms with van der Waals surface area (Å²) in [7, 11) is 0. The Morgan fingerprint density at radius 1 is 1.03 bits per heavy atom. The van der Waals surface area contributed by atoms with E-state index in [-0.39, 0.29) is 42.5 Å². The molecular weight excluding hydrogens is 380 g/mol. The Kier molecular flexibility index (Phi) is 6.95. The first-order valence-electron chi connectivity index (χ1n) is 10.1. The second kappa shape index (κ2) is 9.82.